The largest absolute Gasteiger partial charge is 0.323 e. The summed E-state index contributed by atoms with van der Waals surface area (Å²) >= 11 is 17.3. The fraction of sp³-hybridized carbons (Fsp3) is 0. The van der Waals surface area contributed by atoms with E-state index in [0.717, 1.165) is 4.90 Å². The topological polar surface area (TPSA) is 40.6 Å². The van der Waals surface area contributed by atoms with Crippen LogP contribution in [0.2, 0.25) is 10.0 Å². The molecule has 1 saturated heterocycles. The molecule has 0 atom stereocenters. The van der Waals surface area contributed by atoms with Gasteiger partial charge in [0.1, 0.15) is 0 Å². The van der Waals surface area contributed by atoms with E-state index in [1.165, 1.54) is 11.0 Å². The molecule has 1 aliphatic rings. The van der Waals surface area contributed by atoms with Crippen LogP contribution in [-0.4, -0.2) is 16.9 Å². The fourth-order valence-electron chi connectivity index (χ4n) is 2.14. The number of hydrogen-bond donors (Lipinski definition) is 0. The summed E-state index contributed by atoms with van der Waals surface area (Å²) < 4.78 is 0. The lowest BCUT2D eigenvalue weighted by molar-refractivity contribution is -0.133. The number of nitrogens with zero attached hydrogens (tertiary/aromatic N) is 2. The molecule has 0 bridgehead atoms. The first-order valence-corrected chi connectivity index (χ1v) is 7.39. The molecule has 0 aliphatic carbocycles. The standard InChI is InChI=1S/C15H8Cl2N2O2S/c16-9-6-7-11(17)12(8-9)19-14(21)13(20)18(15(19)22)10-4-2-1-3-5-10/h1-8H. The van der Waals surface area contributed by atoms with Crippen molar-refractivity contribution >= 4 is 63.7 Å². The Morgan fingerprint density at radius 1 is 0.864 bits per heavy atom. The van der Waals surface area contributed by atoms with E-state index in [4.69, 9.17) is 35.4 Å². The van der Waals surface area contributed by atoms with Crippen molar-refractivity contribution in [3.8, 4) is 0 Å². The van der Waals surface area contributed by atoms with Crippen LogP contribution in [0, 0.1) is 0 Å². The third-order valence-corrected chi connectivity index (χ3v) is 4.06. The number of hydrogen-bond acceptors (Lipinski definition) is 3. The molecule has 1 heterocycles. The number of halogens is 2. The molecule has 0 unspecified atom stereocenters. The summed E-state index contributed by atoms with van der Waals surface area (Å²) in [6.07, 6.45) is 0. The number of amides is 2. The van der Waals surface area contributed by atoms with Gasteiger partial charge < -0.3 is 0 Å². The molecule has 0 aromatic heterocycles. The lowest BCUT2D eigenvalue weighted by atomic mass is 10.3. The van der Waals surface area contributed by atoms with E-state index in [0.29, 0.717) is 10.7 Å². The van der Waals surface area contributed by atoms with Crippen LogP contribution in [0.15, 0.2) is 48.5 Å². The maximum atomic E-state index is 12.3. The van der Waals surface area contributed by atoms with E-state index in [-0.39, 0.29) is 15.8 Å². The number of anilines is 2. The second kappa shape index (κ2) is 5.68. The van der Waals surface area contributed by atoms with Gasteiger partial charge in [-0.2, -0.15) is 0 Å². The summed E-state index contributed by atoms with van der Waals surface area (Å²) in [6.45, 7) is 0. The summed E-state index contributed by atoms with van der Waals surface area (Å²) in [7, 11) is 0. The minimum Gasteiger partial charge on any atom is -0.263 e. The first-order chi connectivity index (χ1) is 10.5. The van der Waals surface area contributed by atoms with Gasteiger partial charge in [-0.15, -0.1) is 0 Å². The Bertz CT molecular complexity index is 795. The molecule has 3 rings (SSSR count). The van der Waals surface area contributed by atoms with Crippen molar-refractivity contribution in [1.29, 1.82) is 0 Å². The van der Waals surface area contributed by atoms with Crippen LogP contribution in [0.4, 0.5) is 11.4 Å². The van der Waals surface area contributed by atoms with Gasteiger partial charge in [-0.1, -0.05) is 41.4 Å². The highest BCUT2D eigenvalue weighted by atomic mass is 35.5. The second-order valence-corrected chi connectivity index (χ2v) is 5.70. The number of carbonyl (C=O) groups excluding carboxylic acids is 2. The average molecular weight is 351 g/mol. The zero-order chi connectivity index (χ0) is 15.9. The highest BCUT2D eigenvalue weighted by Crippen LogP contribution is 2.33. The summed E-state index contributed by atoms with van der Waals surface area (Å²) in [5.74, 6) is -1.50. The van der Waals surface area contributed by atoms with E-state index in [9.17, 15) is 9.59 Å². The third kappa shape index (κ3) is 2.37. The highest BCUT2D eigenvalue weighted by Gasteiger charge is 2.44. The van der Waals surface area contributed by atoms with E-state index in [2.05, 4.69) is 0 Å². The van der Waals surface area contributed by atoms with Crippen LogP contribution in [0.1, 0.15) is 0 Å². The number of benzene rings is 2. The molecule has 2 aromatic carbocycles. The van der Waals surface area contributed by atoms with Crippen molar-refractivity contribution in [3.63, 3.8) is 0 Å². The third-order valence-electron chi connectivity index (χ3n) is 3.14. The molecule has 1 fully saturated rings. The first kappa shape index (κ1) is 15.0. The van der Waals surface area contributed by atoms with E-state index in [1.54, 1.807) is 42.5 Å². The van der Waals surface area contributed by atoms with Gasteiger partial charge in [-0.05, 0) is 42.5 Å². The molecule has 1 aliphatic heterocycles. The van der Waals surface area contributed by atoms with Gasteiger partial charge in [0.15, 0.2) is 5.11 Å². The molecule has 22 heavy (non-hydrogen) atoms. The second-order valence-electron chi connectivity index (χ2n) is 4.49. The molecule has 0 spiro atoms. The minimum absolute atomic E-state index is 0.0466. The lowest BCUT2D eigenvalue weighted by Gasteiger charge is -2.19. The van der Waals surface area contributed by atoms with E-state index >= 15 is 0 Å². The molecule has 110 valence electrons. The average Bonchev–Trinajstić information content (AvgIpc) is 2.73. The molecular weight excluding hydrogens is 343 g/mol. The van der Waals surface area contributed by atoms with Crippen LogP contribution in [0.25, 0.3) is 0 Å². The smallest absolute Gasteiger partial charge is 0.263 e. The molecule has 2 aromatic rings. The van der Waals surface area contributed by atoms with Crippen molar-refractivity contribution in [2.24, 2.45) is 0 Å². The van der Waals surface area contributed by atoms with Gasteiger partial charge in [-0.3, -0.25) is 9.59 Å². The van der Waals surface area contributed by atoms with E-state index in [1.807, 2.05) is 0 Å². The highest BCUT2D eigenvalue weighted by molar-refractivity contribution is 7.81. The van der Waals surface area contributed by atoms with Crippen molar-refractivity contribution in [2.75, 3.05) is 9.80 Å². The normalized spacial score (nSPS) is 14.9. The van der Waals surface area contributed by atoms with Crippen molar-refractivity contribution in [3.05, 3.63) is 58.6 Å². The maximum Gasteiger partial charge on any atom is 0.323 e. The Labute approximate surface area is 141 Å². The van der Waals surface area contributed by atoms with E-state index < -0.39 is 11.8 Å². The summed E-state index contributed by atoms with van der Waals surface area (Å²) in [5, 5.41) is 0.716. The molecule has 0 radical (unpaired) electrons. The number of para-hydroxylation sites is 1. The van der Waals surface area contributed by atoms with Gasteiger partial charge in [0.05, 0.1) is 16.4 Å². The molecule has 2 amide bonds. The zero-order valence-corrected chi connectivity index (χ0v) is 13.3. The van der Waals surface area contributed by atoms with Crippen LogP contribution < -0.4 is 9.80 Å². The number of carbonyl (C=O) groups is 2. The Hall–Kier alpha value is -1.95. The molecule has 0 saturated carbocycles. The number of thiocarbonyl (C=S) groups is 1. The Morgan fingerprint density at radius 2 is 1.50 bits per heavy atom. The Balaban J connectivity index is 2.08. The fourth-order valence-corrected chi connectivity index (χ4v) is 2.88. The molecule has 4 nitrogen and oxygen atoms in total. The summed E-state index contributed by atoms with van der Waals surface area (Å²) in [4.78, 5) is 26.8. The van der Waals surface area contributed by atoms with Crippen molar-refractivity contribution < 1.29 is 9.59 Å². The van der Waals surface area contributed by atoms with Crippen LogP contribution >= 0.6 is 35.4 Å². The van der Waals surface area contributed by atoms with Gasteiger partial charge in [0, 0.05) is 5.02 Å². The van der Waals surface area contributed by atoms with Gasteiger partial charge in [0.25, 0.3) is 0 Å². The predicted molar refractivity (Wildman–Crippen MR) is 90.5 cm³/mol. The monoisotopic (exact) mass is 350 g/mol. The molecule has 0 N–H and O–H groups in total. The Morgan fingerprint density at radius 3 is 2.18 bits per heavy atom. The molecular formula is C15H8Cl2N2O2S. The molecule has 7 heteroatoms. The van der Waals surface area contributed by atoms with Crippen LogP contribution in [0.3, 0.4) is 0 Å². The van der Waals surface area contributed by atoms with Crippen LogP contribution in [0.5, 0.6) is 0 Å². The van der Waals surface area contributed by atoms with Gasteiger partial charge in [-0.25, -0.2) is 9.80 Å². The summed E-state index contributed by atoms with van der Waals surface area (Å²) in [5.41, 5.74) is 0.808. The van der Waals surface area contributed by atoms with Gasteiger partial charge in [0.2, 0.25) is 0 Å². The minimum atomic E-state index is -0.766. The van der Waals surface area contributed by atoms with Crippen LogP contribution in [-0.2, 0) is 9.59 Å². The predicted octanol–water partition coefficient (Wildman–Crippen LogP) is 3.66. The SMILES string of the molecule is O=C1C(=O)N(c2cc(Cl)ccc2Cl)C(=S)N1c1ccccc1. The Kier molecular flexibility index (Phi) is 3.87. The lowest BCUT2D eigenvalue weighted by Crippen LogP contribution is -2.33. The van der Waals surface area contributed by atoms with Crippen molar-refractivity contribution in [1.82, 2.24) is 0 Å². The first-order valence-electron chi connectivity index (χ1n) is 6.23. The van der Waals surface area contributed by atoms with Crippen molar-refractivity contribution in [2.45, 2.75) is 0 Å². The zero-order valence-electron chi connectivity index (χ0n) is 11.0. The maximum absolute atomic E-state index is 12.3. The quantitative estimate of drug-likeness (QED) is 0.613. The van der Waals surface area contributed by atoms with Gasteiger partial charge >= 0.3 is 11.8 Å². The summed E-state index contributed by atoms with van der Waals surface area (Å²) in [6, 6.07) is 13.3. The number of rotatable bonds is 2.